The van der Waals surface area contributed by atoms with Crippen molar-refractivity contribution in [3.63, 3.8) is 0 Å². The molecule has 1 aromatic carbocycles. The van der Waals surface area contributed by atoms with E-state index in [1.807, 2.05) is 31.0 Å². The molecule has 1 aliphatic carbocycles. The first-order valence-corrected chi connectivity index (χ1v) is 9.16. The Morgan fingerprint density at radius 2 is 2.12 bits per heavy atom. The highest BCUT2D eigenvalue weighted by atomic mass is 19.1. The van der Waals surface area contributed by atoms with Crippen molar-refractivity contribution in [1.29, 1.82) is 0 Å². The van der Waals surface area contributed by atoms with Gasteiger partial charge in [-0.1, -0.05) is 6.08 Å². The maximum Gasteiger partial charge on any atom is 0.235 e. The van der Waals surface area contributed by atoms with Crippen LogP contribution in [-0.4, -0.2) is 48.5 Å². The van der Waals surface area contributed by atoms with Crippen molar-refractivity contribution in [3.05, 3.63) is 41.3 Å². The normalized spacial score (nSPS) is 24.8. The third-order valence-corrected chi connectivity index (χ3v) is 5.88. The number of hydrogen-bond acceptors (Lipinski definition) is 1. The van der Waals surface area contributed by atoms with Crippen LogP contribution in [0.3, 0.4) is 0 Å². The van der Waals surface area contributed by atoms with Crippen molar-refractivity contribution < 1.29 is 14.1 Å². The van der Waals surface area contributed by atoms with E-state index in [2.05, 4.69) is 12.0 Å². The summed E-state index contributed by atoms with van der Waals surface area (Å²) in [5.41, 5.74) is 3.85. The van der Waals surface area contributed by atoms with Gasteiger partial charge in [0.25, 0.3) is 0 Å². The molecule has 0 fully saturated rings. The van der Waals surface area contributed by atoms with Crippen LogP contribution in [0.1, 0.15) is 25.0 Å². The van der Waals surface area contributed by atoms with Crippen LogP contribution < -0.4 is 4.90 Å². The van der Waals surface area contributed by atoms with Gasteiger partial charge in [0, 0.05) is 47.7 Å². The lowest BCUT2D eigenvalue weighted by molar-refractivity contribution is -0.900. The summed E-state index contributed by atoms with van der Waals surface area (Å²) in [7, 11) is 2.12. The summed E-state index contributed by atoms with van der Waals surface area (Å²) >= 11 is 0. The number of benzene rings is 1. The second kappa shape index (κ2) is 5.99. The Kier molecular flexibility index (Phi) is 3.91. The second-order valence-electron chi connectivity index (χ2n) is 7.21. The Hall–Kier alpha value is -2.14. The van der Waals surface area contributed by atoms with E-state index in [9.17, 15) is 9.18 Å². The van der Waals surface area contributed by atoms with Gasteiger partial charge in [0.05, 0.1) is 13.6 Å². The quantitative estimate of drug-likeness (QED) is 0.875. The molecule has 0 bridgehead atoms. The fraction of sp³-hybridized carbons (Fsp3) is 0.450. The number of aromatic nitrogens is 1. The van der Waals surface area contributed by atoms with Gasteiger partial charge in [-0.2, -0.15) is 0 Å². The Balaban J connectivity index is 1.85. The number of likely N-dealkylation sites (N-methyl/N-ethyl adjacent to an activating group) is 1. The van der Waals surface area contributed by atoms with Crippen molar-refractivity contribution in [1.82, 2.24) is 9.88 Å². The van der Waals surface area contributed by atoms with E-state index in [4.69, 9.17) is 0 Å². The predicted molar refractivity (Wildman–Crippen MR) is 96.9 cm³/mol. The first-order chi connectivity index (χ1) is 12.0. The van der Waals surface area contributed by atoms with Crippen LogP contribution in [0.2, 0.25) is 0 Å². The maximum absolute atomic E-state index is 14.8. The minimum Gasteiger partial charge on any atom is -0.361 e. The largest absolute Gasteiger partial charge is 0.361 e. The van der Waals surface area contributed by atoms with Crippen LogP contribution in [0.25, 0.3) is 16.5 Å². The van der Waals surface area contributed by atoms with Gasteiger partial charge < -0.3 is 14.8 Å². The third kappa shape index (κ3) is 2.41. The van der Waals surface area contributed by atoms with Gasteiger partial charge in [0.2, 0.25) is 5.91 Å². The van der Waals surface area contributed by atoms with Crippen LogP contribution in [0.4, 0.5) is 4.39 Å². The molecule has 5 heteroatoms. The average molecular weight is 342 g/mol. The van der Waals surface area contributed by atoms with E-state index < -0.39 is 0 Å². The van der Waals surface area contributed by atoms with E-state index >= 15 is 0 Å². The number of carbonyl (C=O) groups is 1. The highest BCUT2D eigenvalue weighted by Gasteiger charge is 2.40. The molecule has 4 nitrogen and oxygen atoms in total. The van der Waals surface area contributed by atoms with E-state index in [0.29, 0.717) is 18.7 Å². The van der Waals surface area contributed by atoms with Gasteiger partial charge in [0.1, 0.15) is 17.8 Å². The number of H-pyrrole nitrogens is 1. The lowest BCUT2D eigenvalue weighted by atomic mass is 9.79. The summed E-state index contributed by atoms with van der Waals surface area (Å²) in [6.07, 6.45) is 4.94. The van der Waals surface area contributed by atoms with Gasteiger partial charge >= 0.3 is 0 Å². The van der Waals surface area contributed by atoms with Gasteiger partial charge in [-0.25, -0.2) is 4.39 Å². The average Bonchev–Trinajstić information content (AvgIpc) is 3.02. The lowest BCUT2D eigenvalue weighted by Gasteiger charge is -2.37. The van der Waals surface area contributed by atoms with Crippen LogP contribution in [0.15, 0.2) is 24.4 Å². The Bertz CT molecular complexity index is 865. The zero-order valence-electron chi connectivity index (χ0n) is 15.0. The highest BCUT2D eigenvalue weighted by molar-refractivity contribution is 5.99. The van der Waals surface area contributed by atoms with Crippen LogP contribution in [-0.2, 0) is 11.2 Å². The molecule has 1 aliphatic heterocycles. The molecule has 2 N–H and O–H groups in total. The van der Waals surface area contributed by atoms with Crippen molar-refractivity contribution >= 4 is 22.4 Å². The lowest BCUT2D eigenvalue weighted by Crippen LogP contribution is -3.15. The number of nitrogens with one attached hydrogen (secondary N) is 2. The SMILES string of the molecule is CCN(CC)C(=O)[C@@H]1C=C2c3c(F)ccc4[nH]cc(c34)C[C@H]2[NH+](C)C1. The van der Waals surface area contributed by atoms with E-state index in [1.165, 1.54) is 16.5 Å². The van der Waals surface area contributed by atoms with Gasteiger partial charge in [-0.15, -0.1) is 0 Å². The first-order valence-electron chi connectivity index (χ1n) is 9.16. The highest BCUT2D eigenvalue weighted by Crippen LogP contribution is 2.38. The molecule has 0 radical (unpaired) electrons. The summed E-state index contributed by atoms with van der Waals surface area (Å²) in [5.74, 6) is -0.211. The minimum absolute atomic E-state index is 0.155. The zero-order chi connectivity index (χ0) is 17.7. The smallest absolute Gasteiger partial charge is 0.235 e. The van der Waals surface area contributed by atoms with Crippen molar-refractivity contribution in [3.8, 4) is 0 Å². The number of nitrogens with zero attached hydrogens (tertiary/aromatic N) is 1. The molecule has 3 atom stereocenters. The van der Waals surface area contributed by atoms with Crippen LogP contribution >= 0.6 is 0 Å². The number of halogens is 1. The molecular formula is C20H25FN3O+. The van der Waals surface area contributed by atoms with E-state index in [0.717, 1.165) is 29.4 Å². The molecular weight excluding hydrogens is 317 g/mol. The monoisotopic (exact) mass is 342 g/mol. The van der Waals surface area contributed by atoms with Crippen molar-refractivity contribution in [2.75, 3.05) is 26.7 Å². The van der Waals surface area contributed by atoms with E-state index in [1.54, 1.807) is 6.07 Å². The van der Waals surface area contributed by atoms with Crippen molar-refractivity contribution in [2.45, 2.75) is 26.3 Å². The Labute approximate surface area is 147 Å². The number of carbonyl (C=O) groups excluding carboxylic acids is 1. The molecule has 0 saturated carbocycles. The number of fused-ring (bicyclic) bond motifs is 2. The number of aromatic amines is 1. The molecule has 0 spiro atoms. The minimum atomic E-state index is -0.187. The molecule has 2 aliphatic rings. The topological polar surface area (TPSA) is 40.5 Å². The van der Waals surface area contributed by atoms with Gasteiger partial charge in [-0.3, -0.25) is 4.79 Å². The van der Waals surface area contributed by atoms with Crippen LogP contribution in [0.5, 0.6) is 0 Å². The standard InChI is InChI=1S/C20H24FN3O/c1-4-24(5-2)20(25)13-8-14-17(23(3)11-13)9-12-10-22-16-7-6-15(21)19(14)18(12)16/h6-8,10,13,17,22H,4-5,9,11H2,1-3H3/p+1/t13-,17-/m1/s1. The molecule has 132 valence electrons. The summed E-state index contributed by atoms with van der Waals surface area (Å²) in [4.78, 5) is 19.3. The van der Waals surface area contributed by atoms with Crippen molar-refractivity contribution in [2.24, 2.45) is 5.92 Å². The third-order valence-electron chi connectivity index (χ3n) is 5.88. The fourth-order valence-electron chi connectivity index (χ4n) is 4.55. The second-order valence-corrected chi connectivity index (χ2v) is 7.21. The van der Waals surface area contributed by atoms with Crippen LogP contribution in [0, 0.1) is 11.7 Å². The van der Waals surface area contributed by atoms with E-state index in [-0.39, 0.29) is 23.7 Å². The van der Waals surface area contributed by atoms with Gasteiger partial charge in [-0.05, 0) is 31.5 Å². The molecule has 1 aromatic heterocycles. The molecule has 2 heterocycles. The van der Waals surface area contributed by atoms with Gasteiger partial charge in [0.15, 0.2) is 0 Å². The Morgan fingerprint density at radius 1 is 1.36 bits per heavy atom. The zero-order valence-corrected chi connectivity index (χ0v) is 15.0. The predicted octanol–water partition coefficient (Wildman–Crippen LogP) is 1.63. The number of hydrogen-bond donors (Lipinski definition) is 2. The summed E-state index contributed by atoms with van der Waals surface area (Å²) in [5, 5.41) is 0.992. The number of quaternary nitrogens is 1. The number of rotatable bonds is 3. The summed E-state index contributed by atoms with van der Waals surface area (Å²) < 4.78 is 14.8. The summed E-state index contributed by atoms with van der Waals surface area (Å²) in [6, 6.07) is 3.55. The maximum atomic E-state index is 14.8. The molecule has 1 unspecified atom stereocenters. The fourth-order valence-corrected chi connectivity index (χ4v) is 4.55. The number of amides is 1. The molecule has 1 amide bonds. The molecule has 4 rings (SSSR count). The Morgan fingerprint density at radius 3 is 2.84 bits per heavy atom. The summed E-state index contributed by atoms with van der Waals surface area (Å²) in [6.45, 7) is 6.20. The molecule has 2 aromatic rings. The molecule has 0 saturated heterocycles. The molecule has 25 heavy (non-hydrogen) atoms. The first kappa shape index (κ1) is 16.3.